The summed E-state index contributed by atoms with van der Waals surface area (Å²) in [6.45, 7) is 4.08. The van der Waals surface area contributed by atoms with E-state index in [2.05, 4.69) is 5.32 Å². The maximum atomic E-state index is 13.9. The Bertz CT molecular complexity index is 851. The summed E-state index contributed by atoms with van der Waals surface area (Å²) in [5.41, 5.74) is 1.61. The molecule has 1 heterocycles. The Labute approximate surface area is 162 Å². The second-order valence-electron chi connectivity index (χ2n) is 6.61. The number of benzene rings is 2. The lowest BCUT2D eigenvalue weighted by atomic mass is 10.1. The highest BCUT2D eigenvalue weighted by Gasteiger charge is 2.23. The van der Waals surface area contributed by atoms with Crippen LogP contribution in [0.4, 0.5) is 14.9 Å². The Morgan fingerprint density at radius 1 is 1.11 bits per heavy atom. The number of urea groups is 1. The van der Waals surface area contributed by atoms with E-state index in [-0.39, 0.29) is 23.9 Å². The number of carbonyl (C=O) groups excluding carboxylic acids is 2. The second-order valence-corrected chi connectivity index (χ2v) is 7.05. The van der Waals surface area contributed by atoms with Crippen molar-refractivity contribution in [2.75, 3.05) is 38.0 Å². The van der Waals surface area contributed by atoms with Crippen LogP contribution in [0.5, 0.6) is 0 Å². The lowest BCUT2D eigenvalue weighted by molar-refractivity contribution is 0.0880. The summed E-state index contributed by atoms with van der Waals surface area (Å²) >= 11 is 5.92. The average Bonchev–Trinajstić information content (AvgIpc) is 2.64. The van der Waals surface area contributed by atoms with Crippen LogP contribution in [0.15, 0.2) is 42.5 Å². The van der Waals surface area contributed by atoms with E-state index in [0.29, 0.717) is 36.9 Å². The van der Waals surface area contributed by atoms with Gasteiger partial charge in [0.1, 0.15) is 5.82 Å². The maximum absolute atomic E-state index is 13.9. The third-order valence-corrected chi connectivity index (χ3v) is 4.76. The van der Waals surface area contributed by atoms with Crippen molar-refractivity contribution in [2.45, 2.75) is 6.92 Å². The van der Waals surface area contributed by atoms with E-state index in [1.807, 2.05) is 11.8 Å². The van der Waals surface area contributed by atoms with Crippen molar-refractivity contribution >= 4 is 29.1 Å². The molecule has 142 valence electrons. The summed E-state index contributed by atoms with van der Waals surface area (Å²) in [5, 5.41) is 3.37. The number of Topliss-reactive ketones (excluding diaryl/α,β-unsaturated/α-hetero) is 1. The normalized spacial score (nSPS) is 14.9. The number of halogens is 2. The molecule has 0 aliphatic carbocycles. The quantitative estimate of drug-likeness (QED) is 0.809. The zero-order valence-electron chi connectivity index (χ0n) is 15.0. The summed E-state index contributed by atoms with van der Waals surface area (Å²) < 4.78 is 13.9. The molecular formula is C20H21ClFN3O2. The first-order valence-corrected chi connectivity index (χ1v) is 9.13. The topological polar surface area (TPSA) is 52.7 Å². The largest absolute Gasteiger partial charge is 0.322 e. The number of anilines is 1. The van der Waals surface area contributed by atoms with Crippen LogP contribution in [0.2, 0.25) is 5.02 Å². The third kappa shape index (κ3) is 5.05. The Kier molecular flexibility index (Phi) is 6.08. The zero-order valence-corrected chi connectivity index (χ0v) is 15.8. The van der Waals surface area contributed by atoms with Crippen molar-refractivity contribution in [3.05, 3.63) is 64.4 Å². The Hall–Kier alpha value is -2.44. The van der Waals surface area contributed by atoms with Crippen LogP contribution in [0.3, 0.4) is 0 Å². The molecule has 0 unspecified atom stereocenters. The number of rotatable bonds is 4. The van der Waals surface area contributed by atoms with Gasteiger partial charge in [-0.2, -0.15) is 0 Å². The average molecular weight is 390 g/mol. The number of aryl methyl sites for hydroxylation is 1. The Balaban J connectivity index is 1.52. The van der Waals surface area contributed by atoms with Crippen LogP contribution >= 0.6 is 11.6 Å². The van der Waals surface area contributed by atoms with E-state index >= 15 is 0 Å². The van der Waals surface area contributed by atoms with Crippen LogP contribution in [-0.2, 0) is 0 Å². The standard InChI is InChI=1S/C20H21ClFN3O2/c1-14-5-6-18(22)17(11-14)19(26)13-24-7-9-25(10-8-24)20(27)23-16-4-2-3-15(21)12-16/h2-6,11-12H,7-10,13H2,1H3,(H,23,27). The lowest BCUT2D eigenvalue weighted by Crippen LogP contribution is -2.51. The first-order chi connectivity index (χ1) is 12.9. The maximum Gasteiger partial charge on any atom is 0.321 e. The fourth-order valence-corrected chi connectivity index (χ4v) is 3.21. The molecule has 2 amide bonds. The van der Waals surface area contributed by atoms with Gasteiger partial charge >= 0.3 is 6.03 Å². The molecule has 27 heavy (non-hydrogen) atoms. The van der Waals surface area contributed by atoms with Gasteiger partial charge in [-0.05, 0) is 37.3 Å². The molecule has 0 saturated carbocycles. The molecule has 2 aromatic carbocycles. The fourth-order valence-electron chi connectivity index (χ4n) is 3.02. The number of hydrogen-bond donors (Lipinski definition) is 1. The minimum atomic E-state index is -0.495. The fraction of sp³-hybridized carbons (Fsp3) is 0.300. The van der Waals surface area contributed by atoms with Crippen LogP contribution in [0.1, 0.15) is 15.9 Å². The van der Waals surface area contributed by atoms with Crippen molar-refractivity contribution in [2.24, 2.45) is 0 Å². The van der Waals surface area contributed by atoms with Crippen molar-refractivity contribution in [1.82, 2.24) is 9.80 Å². The molecule has 1 saturated heterocycles. The first kappa shape index (κ1) is 19.3. The first-order valence-electron chi connectivity index (χ1n) is 8.75. The lowest BCUT2D eigenvalue weighted by Gasteiger charge is -2.34. The van der Waals surface area contributed by atoms with Gasteiger partial charge in [-0.15, -0.1) is 0 Å². The van der Waals surface area contributed by atoms with Crippen LogP contribution in [0.25, 0.3) is 0 Å². The number of nitrogens with zero attached hydrogens (tertiary/aromatic N) is 2. The third-order valence-electron chi connectivity index (χ3n) is 4.52. The predicted octanol–water partition coefficient (Wildman–Crippen LogP) is 3.82. The minimum Gasteiger partial charge on any atom is -0.322 e. The SMILES string of the molecule is Cc1ccc(F)c(C(=O)CN2CCN(C(=O)Nc3cccc(Cl)c3)CC2)c1. The molecule has 1 aliphatic rings. The molecule has 1 N–H and O–H groups in total. The minimum absolute atomic E-state index is 0.121. The number of carbonyl (C=O) groups is 2. The number of ketones is 1. The monoisotopic (exact) mass is 389 g/mol. The highest BCUT2D eigenvalue weighted by atomic mass is 35.5. The van der Waals surface area contributed by atoms with E-state index in [1.165, 1.54) is 6.07 Å². The Morgan fingerprint density at radius 2 is 1.85 bits per heavy atom. The summed E-state index contributed by atoms with van der Waals surface area (Å²) in [6, 6.07) is 11.3. The van der Waals surface area contributed by atoms with Crippen LogP contribution in [-0.4, -0.2) is 54.3 Å². The molecule has 0 atom stereocenters. The molecule has 3 rings (SSSR count). The predicted molar refractivity (Wildman–Crippen MR) is 104 cm³/mol. The van der Waals surface area contributed by atoms with Gasteiger partial charge < -0.3 is 10.2 Å². The van der Waals surface area contributed by atoms with Crippen LogP contribution < -0.4 is 5.32 Å². The Morgan fingerprint density at radius 3 is 2.56 bits per heavy atom. The van der Waals surface area contributed by atoms with E-state index in [9.17, 15) is 14.0 Å². The molecule has 2 aromatic rings. The van der Waals surface area contributed by atoms with Gasteiger partial charge in [-0.3, -0.25) is 9.69 Å². The van der Waals surface area contributed by atoms with Crippen molar-refractivity contribution in [1.29, 1.82) is 0 Å². The molecule has 0 spiro atoms. The number of piperazine rings is 1. The van der Waals surface area contributed by atoms with Gasteiger partial charge in [-0.1, -0.05) is 29.3 Å². The highest BCUT2D eigenvalue weighted by Crippen LogP contribution is 2.16. The van der Waals surface area contributed by atoms with Gasteiger partial charge in [-0.25, -0.2) is 9.18 Å². The van der Waals surface area contributed by atoms with E-state index in [1.54, 1.807) is 41.3 Å². The number of hydrogen-bond acceptors (Lipinski definition) is 3. The molecule has 0 bridgehead atoms. The van der Waals surface area contributed by atoms with E-state index in [4.69, 9.17) is 11.6 Å². The zero-order chi connectivity index (χ0) is 19.4. The molecule has 0 radical (unpaired) electrons. The van der Waals surface area contributed by atoms with E-state index in [0.717, 1.165) is 5.56 Å². The molecule has 0 aromatic heterocycles. The van der Waals surface area contributed by atoms with E-state index < -0.39 is 5.82 Å². The molecular weight excluding hydrogens is 369 g/mol. The van der Waals surface area contributed by atoms with Gasteiger partial charge in [0, 0.05) is 36.9 Å². The van der Waals surface area contributed by atoms with Crippen molar-refractivity contribution in [3.63, 3.8) is 0 Å². The van der Waals surface area contributed by atoms with Crippen LogP contribution in [0, 0.1) is 12.7 Å². The van der Waals surface area contributed by atoms with Crippen molar-refractivity contribution in [3.8, 4) is 0 Å². The highest BCUT2D eigenvalue weighted by molar-refractivity contribution is 6.30. The summed E-state index contributed by atoms with van der Waals surface area (Å²) in [4.78, 5) is 28.4. The molecule has 5 nitrogen and oxygen atoms in total. The molecule has 1 fully saturated rings. The number of amides is 2. The summed E-state index contributed by atoms with van der Waals surface area (Å²) in [7, 11) is 0. The van der Waals surface area contributed by atoms with Gasteiger partial charge in [0.25, 0.3) is 0 Å². The summed E-state index contributed by atoms with van der Waals surface area (Å²) in [6.07, 6.45) is 0. The molecule has 7 heteroatoms. The van der Waals surface area contributed by atoms with Crippen molar-refractivity contribution < 1.29 is 14.0 Å². The van der Waals surface area contributed by atoms with Gasteiger partial charge in [0.15, 0.2) is 5.78 Å². The smallest absolute Gasteiger partial charge is 0.321 e. The van der Waals surface area contributed by atoms with Gasteiger partial charge in [0.2, 0.25) is 0 Å². The van der Waals surface area contributed by atoms with Gasteiger partial charge in [0.05, 0.1) is 12.1 Å². The second kappa shape index (κ2) is 8.50. The molecule has 1 aliphatic heterocycles. The summed E-state index contributed by atoms with van der Waals surface area (Å²) in [5.74, 6) is -0.738. The number of nitrogens with one attached hydrogen (secondary N) is 1.